The highest BCUT2D eigenvalue weighted by atomic mass is 32.1. The molecule has 0 amide bonds. The molecule has 3 N–H and O–H groups in total. The van der Waals surface area contributed by atoms with Crippen molar-refractivity contribution < 1.29 is 14.7 Å². The number of aliphatic hydroxyl groups excluding tert-OH is 1. The Hall–Kier alpha value is -1.28. The smallest absolute Gasteiger partial charge is 0.187 e. The highest BCUT2D eigenvalue weighted by molar-refractivity contribution is 7.19. The molecule has 0 spiro atoms. The normalized spacial score (nSPS) is 22.3. The maximum Gasteiger partial charge on any atom is 0.187 e. The SMILES string of the molecule is C[C@H]1CCc2c(sc3nc(C[NH+]4CCOCC4)nc(NC[C@@H](C)O)c23)C1. The van der Waals surface area contributed by atoms with E-state index in [0.29, 0.717) is 6.54 Å². The first kappa shape index (κ1) is 18.1. The highest BCUT2D eigenvalue weighted by Gasteiger charge is 2.25. The lowest BCUT2D eigenvalue weighted by Crippen LogP contribution is -3.12. The fraction of sp³-hybridized carbons (Fsp3) is 0.684. The fourth-order valence-electron chi connectivity index (χ4n) is 3.90. The van der Waals surface area contributed by atoms with E-state index < -0.39 is 6.10 Å². The van der Waals surface area contributed by atoms with Crippen molar-refractivity contribution in [3.8, 4) is 0 Å². The van der Waals surface area contributed by atoms with Crippen LogP contribution >= 0.6 is 11.3 Å². The van der Waals surface area contributed by atoms with Crippen LogP contribution in [0.2, 0.25) is 0 Å². The summed E-state index contributed by atoms with van der Waals surface area (Å²) in [5, 5.41) is 14.3. The fourth-order valence-corrected chi connectivity index (χ4v) is 5.30. The van der Waals surface area contributed by atoms with Crippen LogP contribution in [0.3, 0.4) is 0 Å². The van der Waals surface area contributed by atoms with Crippen molar-refractivity contribution in [1.29, 1.82) is 0 Å². The molecule has 0 saturated carbocycles. The molecule has 0 aromatic carbocycles. The molecule has 3 heterocycles. The predicted molar refractivity (Wildman–Crippen MR) is 104 cm³/mol. The number of morpholine rings is 1. The van der Waals surface area contributed by atoms with Crippen molar-refractivity contribution >= 4 is 27.4 Å². The molecule has 1 aliphatic carbocycles. The van der Waals surface area contributed by atoms with E-state index in [9.17, 15) is 5.11 Å². The number of hydrogen-bond acceptors (Lipinski definition) is 6. The molecule has 0 radical (unpaired) electrons. The summed E-state index contributed by atoms with van der Waals surface area (Å²) in [6.07, 6.45) is 3.09. The van der Waals surface area contributed by atoms with Gasteiger partial charge in [0.1, 0.15) is 30.3 Å². The number of hydrogen-bond donors (Lipinski definition) is 3. The van der Waals surface area contributed by atoms with Crippen LogP contribution in [0.25, 0.3) is 10.2 Å². The van der Waals surface area contributed by atoms with Crippen molar-refractivity contribution in [1.82, 2.24) is 9.97 Å². The average molecular weight is 378 g/mol. The minimum absolute atomic E-state index is 0.400. The summed E-state index contributed by atoms with van der Waals surface area (Å²) in [6, 6.07) is 0. The van der Waals surface area contributed by atoms with Crippen LogP contribution in [-0.4, -0.2) is 54.0 Å². The van der Waals surface area contributed by atoms with Crippen LogP contribution in [0.15, 0.2) is 0 Å². The number of aromatic nitrogens is 2. The first-order valence-corrected chi connectivity index (χ1v) is 10.6. The monoisotopic (exact) mass is 377 g/mol. The minimum Gasteiger partial charge on any atom is -0.392 e. The van der Waals surface area contributed by atoms with Crippen LogP contribution in [0.1, 0.15) is 36.5 Å². The molecule has 1 fully saturated rings. The number of ether oxygens (including phenoxy) is 1. The van der Waals surface area contributed by atoms with Gasteiger partial charge in [0.15, 0.2) is 5.82 Å². The topological polar surface area (TPSA) is 71.7 Å². The van der Waals surface area contributed by atoms with Gasteiger partial charge in [-0.25, -0.2) is 9.97 Å². The van der Waals surface area contributed by atoms with E-state index in [4.69, 9.17) is 14.7 Å². The van der Waals surface area contributed by atoms with Crippen LogP contribution in [0.4, 0.5) is 5.82 Å². The van der Waals surface area contributed by atoms with Gasteiger partial charge < -0.3 is 20.1 Å². The standard InChI is InChI=1S/C19H28N4O2S/c1-12-3-4-14-15(9-12)26-19-17(14)18(20-10-13(2)24)21-16(22-19)11-23-5-7-25-8-6-23/h12-13,24H,3-11H2,1-2H3,(H,20,21,22)/p+1/t12-,13+/m0/s1. The lowest BCUT2D eigenvalue weighted by molar-refractivity contribution is -0.922. The molecule has 26 heavy (non-hydrogen) atoms. The van der Waals surface area contributed by atoms with Gasteiger partial charge in [0, 0.05) is 11.4 Å². The second-order valence-corrected chi connectivity index (χ2v) is 8.87. The maximum atomic E-state index is 9.72. The number of aryl methyl sites for hydroxylation is 1. The number of quaternary nitrogens is 1. The third kappa shape index (κ3) is 3.86. The van der Waals surface area contributed by atoms with Gasteiger partial charge in [0.05, 0.1) is 24.7 Å². The zero-order chi connectivity index (χ0) is 18.1. The Bertz CT molecular complexity index is 770. The molecule has 2 atom stereocenters. The lowest BCUT2D eigenvalue weighted by atomic mass is 9.89. The first-order chi connectivity index (χ1) is 12.6. The van der Waals surface area contributed by atoms with E-state index in [1.54, 1.807) is 6.92 Å². The van der Waals surface area contributed by atoms with Crippen molar-refractivity contribution in [2.75, 3.05) is 38.2 Å². The molecule has 4 rings (SSSR count). The van der Waals surface area contributed by atoms with Gasteiger partial charge in [0.2, 0.25) is 0 Å². The lowest BCUT2D eigenvalue weighted by Gasteiger charge is -2.23. The molecule has 142 valence electrons. The molecular formula is C19H29N4O2S+. The average Bonchev–Trinajstić information content (AvgIpc) is 2.97. The van der Waals surface area contributed by atoms with E-state index >= 15 is 0 Å². The summed E-state index contributed by atoms with van der Waals surface area (Å²) in [5.41, 5.74) is 1.43. The number of fused-ring (bicyclic) bond motifs is 3. The summed E-state index contributed by atoms with van der Waals surface area (Å²) in [6.45, 7) is 9.13. The summed E-state index contributed by atoms with van der Waals surface area (Å²) in [5.74, 6) is 2.55. The molecule has 1 saturated heterocycles. The molecule has 6 nitrogen and oxygen atoms in total. The van der Waals surface area contributed by atoms with Gasteiger partial charge in [-0.15, -0.1) is 11.3 Å². The summed E-state index contributed by atoms with van der Waals surface area (Å²) < 4.78 is 5.46. The molecule has 0 unspecified atom stereocenters. The Labute approximate surface area is 158 Å². The number of nitrogens with zero attached hydrogens (tertiary/aromatic N) is 2. The van der Waals surface area contributed by atoms with Gasteiger partial charge in [-0.1, -0.05) is 6.92 Å². The van der Waals surface area contributed by atoms with Crippen molar-refractivity contribution in [3.05, 3.63) is 16.3 Å². The minimum atomic E-state index is -0.400. The van der Waals surface area contributed by atoms with Gasteiger partial charge in [-0.3, -0.25) is 0 Å². The third-order valence-electron chi connectivity index (χ3n) is 5.37. The van der Waals surface area contributed by atoms with Gasteiger partial charge >= 0.3 is 0 Å². The summed E-state index contributed by atoms with van der Waals surface area (Å²) in [4.78, 5) is 13.9. The number of rotatable bonds is 5. The van der Waals surface area contributed by atoms with Gasteiger partial charge in [-0.05, 0) is 37.7 Å². The Morgan fingerprint density at radius 1 is 1.35 bits per heavy atom. The van der Waals surface area contributed by atoms with E-state index in [0.717, 1.165) is 68.1 Å². The second kappa shape index (κ2) is 7.76. The predicted octanol–water partition coefficient (Wildman–Crippen LogP) is 1.02. The van der Waals surface area contributed by atoms with Crippen molar-refractivity contribution in [2.45, 2.75) is 45.8 Å². The van der Waals surface area contributed by atoms with E-state index in [-0.39, 0.29) is 0 Å². The summed E-state index contributed by atoms with van der Waals surface area (Å²) >= 11 is 1.84. The Morgan fingerprint density at radius 3 is 2.92 bits per heavy atom. The Kier molecular flexibility index (Phi) is 5.40. The molecule has 7 heteroatoms. The van der Waals surface area contributed by atoms with Crippen molar-refractivity contribution in [2.24, 2.45) is 5.92 Å². The third-order valence-corrected chi connectivity index (χ3v) is 6.52. The first-order valence-electron chi connectivity index (χ1n) is 9.74. The molecule has 2 aromatic rings. The van der Waals surface area contributed by atoms with Crippen molar-refractivity contribution in [3.63, 3.8) is 0 Å². The Balaban J connectivity index is 1.69. The number of thiophene rings is 1. The molecular weight excluding hydrogens is 348 g/mol. The molecule has 2 aromatic heterocycles. The number of aliphatic hydroxyl groups is 1. The zero-order valence-corrected chi connectivity index (χ0v) is 16.5. The van der Waals surface area contributed by atoms with Crippen LogP contribution in [0.5, 0.6) is 0 Å². The zero-order valence-electron chi connectivity index (χ0n) is 15.7. The van der Waals surface area contributed by atoms with Gasteiger partial charge in [0.25, 0.3) is 0 Å². The number of nitrogens with one attached hydrogen (secondary N) is 2. The molecule has 2 aliphatic rings. The van der Waals surface area contributed by atoms with E-state index in [1.807, 2.05) is 11.3 Å². The van der Waals surface area contributed by atoms with Crippen LogP contribution < -0.4 is 10.2 Å². The second-order valence-electron chi connectivity index (χ2n) is 7.79. The van der Waals surface area contributed by atoms with E-state index in [2.05, 4.69) is 12.2 Å². The number of anilines is 1. The maximum absolute atomic E-state index is 9.72. The molecule has 1 aliphatic heterocycles. The quantitative estimate of drug-likeness (QED) is 0.726. The van der Waals surface area contributed by atoms with Crippen LogP contribution in [0, 0.1) is 5.92 Å². The Morgan fingerprint density at radius 2 is 2.15 bits per heavy atom. The highest BCUT2D eigenvalue weighted by Crippen LogP contribution is 2.39. The molecule has 0 bridgehead atoms. The largest absolute Gasteiger partial charge is 0.392 e. The summed E-state index contributed by atoms with van der Waals surface area (Å²) in [7, 11) is 0. The van der Waals surface area contributed by atoms with Gasteiger partial charge in [-0.2, -0.15) is 0 Å². The van der Waals surface area contributed by atoms with Crippen LogP contribution in [-0.2, 0) is 24.1 Å². The van der Waals surface area contributed by atoms with E-state index in [1.165, 1.54) is 27.1 Å².